The lowest BCUT2D eigenvalue weighted by molar-refractivity contribution is 0.0853. The molecule has 1 saturated heterocycles. The molecule has 0 unspecified atom stereocenters. The number of hydrogen-bond acceptors (Lipinski definition) is 3. The van der Waals surface area contributed by atoms with Gasteiger partial charge in [0.2, 0.25) is 0 Å². The van der Waals surface area contributed by atoms with Crippen molar-refractivity contribution in [1.82, 2.24) is 4.98 Å². The van der Waals surface area contributed by atoms with Gasteiger partial charge in [-0.3, -0.25) is 0 Å². The first-order valence-electron chi connectivity index (χ1n) is 5.61. The van der Waals surface area contributed by atoms with E-state index < -0.39 is 0 Å². The fourth-order valence-electron chi connectivity index (χ4n) is 2.15. The molecule has 3 nitrogen and oxygen atoms in total. The summed E-state index contributed by atoms with van der Waals surface area (Å²) < 4.78 is 6.42. The Kier molecular flexibility index (Phi) is 3.82. The number of aryl methyl sites for hydroxylation is 1. The van der Waals surface area contributed by atoms with E-state index in [0.717, 1.165) is 36.3 Å². The topological polar surface area (TPSA) is 25.4 Å². The van der Waals surface area contributed by atoms with E-state index in [9.17, 15) is 0 Å². The molecule has 1 fully saturated rings. The highest BCUT2D eigenvalue weighted by atomic mass is 79.9. The molecule has 0 amide bonds. The molecular weight excluding hydrogens is 268 g/mol. The van der Waals surface area contributed by atoms with Crippen molar-refractivity contribution in [3.63, 3.8) is 0 Å². The van der Waals surface area contributed by atoms with E-state index in [1.807, 2.05) is 6.20 Å². The van der Waals surface area contributed by atoms with E-state index in [1.165, 1.54) is 5.56 Å². The number of halogens is 1. The standard InChI is InChI=1S/C12H17BrN2O/c1-9-7-10(13)8-14-12(9)15(2)11-3-5-16-6-4-11/h7-8,11H,3-6H2,1-2H3. The Labute approximate surface area is 105 Å². The van der Waals surface area contributed by atoms with Crippen LogP contribution in [0.1, 0.15) is 18.4 Å². The van der Waals surface area contributed by atoms with E-state index in [4.69, 9.17) is 4.74 Å². The number of rotatable bonds is 2. The zero-order chi connectivity index (χ0) is 11.5. The van der Waals surface area contributed by atoms with Gasteiger partial charge in [-0.15, -0.1) is 0 Å². The molecule has 0 spiro atoms. The lowest BCUT2D eigenvalue weighted by atomic mass is 10.1. The number of aromatic nitrogens is 1. The predicted molar refractivity (Wildman–Crippen MR) is 68.9 cm³/mol. The summed E-state index contributed by atoms with van der Waals surface area (Å²) in [5.74, 6) is 1.08. The minimum absolute atomic E-state index is 0.557. The number of nitrogens with zero attached hydrogens (tertiary/aromatic N) is 2. The van der Waals surface area contributed by atoms with Crippen LogP contribution in [0.5, 0.6) is 0 Å². The van der Waals surface area contributed by atoms with Gasteiger partial charge in [0, 0.05) is 37.0 Å². The Morgan fingerprint density at radius 2 is 2.12 bits per heavy atom. The van der Waals surface area contributed by atoms with Crippen LogP contribution in [0.25, 0.3) is 0 Å². The highest BCUT2D eigenvalue weighted by molar-refractivity contribution is 9.10. The van der Waals surface area contributed by atoms with Gasteiger partial charge in [0.15, 0.2) is 0 Å². The normalized spacial score (nSPS) is 17.4. The average molecular weight is 285 g/mol. The van der Waals surface area contributed by atoms with E-state index >= 15 is 0 Å². The van der Waals surface area contributed by atoms with Crippen LogP contribution in [0.2, 0.25) is 0 Å². The predicted octanol–water partition coefficient (Wildman–Crippen LogP) is 2.77. The zero-order valence-corrected chi connectivity index (χ0v) is 11.3. The van der Waals surface area contributed by atoms with Crippen LogP contribution in [0.15, 0.2) is 16.7 Å². The summed E-state index contributed by atoms with van der Waals surface area (Å²) in [5.41, 5.74) is 1.21. The minimum atomic E-state index is 0.557. The number of anilines is 1. The number of pyridine rings is 1. The first-order chi connectivity index (χ1) is 7.68. The lowest BCUT2D eigenvalue weighted by Crippen LogP contribution is -2.37. The Morgan fingerprint density at radius 1 is 1.44 bits per heavy atom. The largest absolute Gasteiger partial charge is 0.381 e. The molecule has 1 aromatic heterocycles. The van der Waals surface area contributed by atoms with Gasteiger partial charge in [0.25, 0.3) is 0 Å². The molecule has 16 heavy (non-hydrogen) atoms. The summed E-state index contributed by atoms with van der Waals surface area (Å²) in [6, 6.07) is 2.67. The van der Waals surface area contributed by atoms with Gasteiger partial charge in [-0.05, 0) is 47.3 Å². The van der Waals surface area contributed by atoms with Crippen molar-refractivity contribution in [2.75, 3.05) is 25.2 Å². The molecule has 0 radical (unpaired) electrons. The molecule has 0 N–H and O–H groups in total. The van der Waals surface area contributed by atoms with Crippen molar-refractivity contribution in [2.45, 2.75) is 25.8 Å². The molecule has 0 aliphatic carbocycles. The zero-order valence-electron chi connectivity index (χ0n) is 9.74. The van der Waals surface area contributed by atoms with E-state index in [1.54, 1.807) is 0 Å². The summed E-state index contributed by atoms with van der Waals surface area (Å²) in [6.07, 6.45) is 4.04. The summed E-state index contributed by atoms with van der Waals surface area (Å²) in [5, 5.41) is 0. The van der Waals surface area contributed by atoms with Crippen molar-refractivity contribution < 1.29 is 4.74 Å². The maximum atomic E-state index is 5.38. The second-order valence-corrected chi connectivity index (χ2v) is 5.16. The summed E-state index contributed by atoms with van der Waals surface area (Å²) in [4.78, 5) is 6.77. The van der Waals surface area contributed by atoms with Crippen molar-refractivity contribution >= 4 is 21.7 Å². The lowest BCUT2D eigenvalue weighted by Gasteiger charge is -2.32. The second-order valence-electron chi connectivity index (χ2n) is 4.25. The van der Waals surface area contributed by atoms with Crippen molar-refractivity contribution in [1.29, 1.82) is 0 Å². The molecule has 1 aliphatic rings. The molecule has 1 aromatic rings. The van der Waals surface area contributed by atoms with Gasteiger partial charge in [-0.1, -0.05) is 0 Å². The Balaban J connectivity index is 2.15. The Hall–Kier alpha value is -0.610. The van der Waals surface area contributed by atoms with Crippen LogP contribution >= 0.6 is 15.9 Å². The maximum absolute atomic E-state index is 5.38. The summed E-state index contributed by atoms with van der Waals surface area (Å²) in [6.45, 7) is 3.83. The van der Waals surface area contributed by atoms with Gasteiger partial charge >= 0.3 is 0 Å². The third-order valence-electron chi connectivity index (χ3n) is 3.09. The molecule has 2 rings (SSSR count). The smallest absolute Gasteiger partial charge is 0.131 e. The molecule has 1 aliphatic heterocycles. The van der Waals surface area contributed by atoms with E-state index in [-0.39, 0.29) is 0 Å². The van der Waals surface area contributed by atoms with Gasteiger partial charge in [-0.2, -0.15) is 0 Å². The van der Waals surface area contributed by atoms with Crippen LogP contribution in [0, 0.1) is 6.92 Å². The van der Waals surface area contributed by atoms with Crippen molar-refractivity contribution in [3.05, 3.63) is 22.3 Å². The molecule has 0 saturated carbocycles. The van der Waals surface area contributed by atoms with Crippen LogP contribution in [0.3, 0.4) is 0 Å². The first kappa shape index (κ1) is 11.9. The maximum Gasteiger partial charge on any atom is 0.131 e. The molecule has 2 heterocycles. The Bertz CT molecular complexity index is 364. The number of ether oxygens (including phenoxy) is 1. The third-order valence-corrected chi connectivity index (χ3v) is 3.52. The van der Waals surface area contributed by atoms with Gasteiger partial charge < -0.3 is 9.64 Å². The fraction of sp³-hybridized carbons (Fsp3) is 0.583. The summed E-state index contributed by atoms with van der Waals surface area (Å²) >= 11 is 3.44. The van der Waals surface area contributed by atoms with Gasteiger partial charge in [0.05, 0.1) is 0 Å². The highest BCUT2D eigenvalue weighted by Gasteiger charge is 2.20. The highest BCUT2D eigenvalue weighted by Crippen LogP contribution is 2.24. The van der Waals surface area contributed by atoms with Crippen LogP contribution < -0.4 is 4.90 Å². The second kappa shape index (κ2) is 5.15. The SMILES string of the molecule is Cc1cc(Br)cnc1N(C)C1CCOCC1. The number of hydrogen-bond donors (Lipinski definition) is 0. The molecule has 0 aromatic carbocycles. The molecule has 0 bridgehead atoms. The Morgan fingerprint density at radius 3 is 2.75 bits per heavy atom. The quantitative estimate of drug-likeness (QED) is 0.835. The monoisotopic (exact) mass is 284 g/mol. The molecular formula is C12H17BrN2O. The third kappa shape index (κ3) is 2.55. The van der Waals surface area contributed by atoms with Crippen LogP contribution in [-0.4, -0.2) is 31.3 Å². The summed E-state index contributed by atoms with van der Waals surface area (Å²) in [7, 11) is 2.12. The van der Waals surface area contributed by atoms with E-state index in [2.05, 4.69) is 45.9 Å². The molecule has 4 heteroatoms. The average Bonchev–Trinajstić information content (AvgIpc) is 2.29. The minimum Gasteiger partial charge on any atom is -0.381 e. The molecule has 0 atom stereocenters. The van der Waals surface area contributed by atoms with Gasteiger partial charge in [-0.25, -0.2) is 4.98 Å². The van der Waals surface area contributed by atoms with Crippen molar-refractivity contribution in [2.24, 2.45) is 0 Å². The van der Waals surface area contributed by atoms with Gasteiger partial charge in [0.1, 0.15) is 5.82 Å². The first-order valence-corrected chi connectivity index (χ1v) is 6.40. The van der Waals surface area contributed by atoms with Crippen LogP contribution in [0.4, 0.5) is 5.82 Å². The van der Waals surface area contributed by atoms with Crippen LogP contribution in [-0.2, 0) is 4.74 Å². The fourth-order valence-corrected chi connectivity index (χ4v) is 2.59. The van der Waals surface area contributed by atoms with E-state index in [0.29, 0.717) is 6.04 Å². The van der Waals surface area contributed by atoms with Crippen molar-refractivity contribution in [3.8, 4) is 0 Å². The molecule has 88 valence electrons.